The molecule has 5 aromatic rings. The smallest absolute Gasteiger partial charge is 0.253 e. The SMILES string of the molecule is Cc1ccc(C)c2[nH]c(=O)c(C(c3nnnn3C(C)(C)C)N(Cc3ccccc3)Cc3ccco3)cc12. The predicted octanol–water partition coefficient (Wildman–Crippen LogP) is 5.27. The highest BCUT2D eigenvalue weighted by molar-refractivity contribution is 5.85. The van der Waals surface area contributed by atoms with Crippen molar-refractivity contribution in [3.8, 4) is 0 Å². The van der Waals surface area contributed by atoms with Crippen LogP contribution in [0, 0.1) is 13.8 Å². The van der Waals surface area contributed by atoms with Gasteiger partial charge in [-0.15, -0.1) is 5.10 Å². The summed E-state index contributed by atoms with van der Waals surface area (Å²) in [5.41, 5.74) is 4.11. The minimum Gasteiger partial charge on any atom is -0.468 e. The van der Waals surface area contributed by atoms with Crippen LogP contribution in [0.25, 0.3) is 10.9 Å². The van der Waals surface area contributed by atoms with Crippen LogP contribution in [0.2, 0.25) is 0 Å². The molecule has 8 heteroatoms. The number of aromatic amines is 1. The van der Waals surface area contributed by atoms with E-state index in [-0.39, 0.29) is 5.56 Å². The van der Waals surface area contributed by atoms with Crippen LogP contribution in [0.15, 0.2) is 76.1 Å². The lowest BCUT2D eigenvalue weighted by atomic mass is 9.98. The molecule has 2 aromatic carbocycles. The number of hydrogen-bond donors (Lipinski definition) is 1. The number of rotatable bonds is 7. The molecule has 0 amide bonds. The second kappa shape index (κ2) is 9.78. The lowest BCUT2D eigenvalue weighted by Crippen LogP contribution is -2.37. The molecule has 0 aliphatic heterocycles. The number of furan rings is 1. The topological polar surface area (TPSA) is 92.8 Å². The van der Waals surface area contributed by atoms with E-state index in [0.29, 0.717) is 24.5 Å². The number of aromatic nitrogens is 5. The minimum atomic E-state index is -0.535. The molecule has 8 nitrogen and oxygen atoms in total. The first kappa shape index (κ1) is 24.6. The highest BCUT2D eigenvalue weighted by Gasteiger charge is 2.34. The van der Waals surface area contributed by atoms with Gasteiger partial charge in [0, 0.05) is 17.5 Å². The summed E-state index contributed by atoms with van der Waals surface area (Å²) in [6, 6.07) is 19.6. The Morgan fingerprint density at radius 1 is 1.00 bits per heavy atom. The molecular weight excluding hydrogens is 464 g/mol. The van der Waals surface area contributed by atoms with Gasteiger partial charge in [0.05, 0.1) is 23.9 Å². The molecule has 0 aliphatic rings. The summed E-state index contributed by atoms with van der Waals surface area (Å²) in [5, 5.41) is 13.9. The molecule has 0 spiro atoms. The van der Waals surface area contributed by atoms with Gasteiger partial charge < -0.3 is 9.40 Å². The van der Waals surface area contributed by atoms with Crippen molar-refractivity contribution in [1.82, 2.24) is 30.1 Å². The number of pyridine rings is 1. The van der Waals surface area contributed by atoms with Crippen molar-refractivity contribution in [2.45, 2.75) is 59.3 Å². The maximum atomic E-state index is 13.8. The van der Waals surface area contributed by atoms with E-state index in [0.717, 1.165) is 33.4 Å². The van der Waals surface area contributed by atoms with Crippen molar-refractivity contribution in [3.63, 3.8) is 0 Å². The second-order valence-electron chi connectivity index (χ2n) is 10.5. The van der Waals surface area contributed by atoms with Gasteiger partial charge in [0.2, 0.25) is 0 Å². The third kappa shape index (κ3) is 4.97. The maximum Gasteiger partial charge on any atom is 0.253 e. The summed E-state index contributed by atoms with van der Waals surface area (Å²) in [7, 11) is 0. The largest absolute Gasteiger partial charge is 0.468 e. The number of hydrogen-bond acceptors (Lipinski definition) is 6. The van der Waals surface area contributed by atoms with Crippen LogP contribution < -0.4 is 5.56 Å². The molecule has 1 unspecified atom stereocenters. The summed E-state index contributed by atoms with van der Waals surface area (Å²) in [6.45, 7) is 11.2. The molecule has 1 atom stereocenters. The molecule has 0 fully saturated rings. The van der Waals surface area contributed by atoms with Gasteiger partial charge in [-0.2, -0.15) is 0 Å². The van der Waals surface area contributed by atoms with Gasteiger partial charge in [-0.3, -0.25) is 9.69 Å². The van der Waals surface area contributed by atoms with E-state index in [2.05, 4.69) is 71.3 Å². The third-order valence-corrected chi connectivity index (χ3v) is 6.67. The normalized spacial score (nSPS) is 12.9. The Kier molecular flexibility index (Phi) is 6.52. The van der Waals surface area contributed by atoms with Gasteiger partial charge in [-0.05, 0) is 79.9 Å². The van der Waals surface area contributed by atoms with Crippen molar-refractivity contribution in [2.24, 2.45) is 0 Å². The number of nitrogens with one attached hydrogen (secondary N) is 1. The molecule has 190 valence electrons. The Morgan fingerprint density at radius 3 is 2.46 bits per heavy atom. The number of fused-ring (bicyclic) bond motifs is 1. The van der Waals surface area contributed by atoms with Gasteiger partial charge in [0.15, 0.2) is 5.82 Å². The highest BCUT2D eigenvalue weighted by Crippen LogP contribution is 2.33. The van der Waals surface area contributed by atoms with E-state index in [4.69, 9.17) is 4.42 Å². The van der Waals surface area contributed by atoms with Crippen molar-refractivity contribution < 1.29 is 4.42 Å². The maximum absolute atomic E-state index is 13.8. The lowest BCUT2D eigenvalue weighted by molar-refractivity contribution is 0.171. The molecule has 3 heterocycles. The number of aryl methyl sites for hydroxylation is 2. The second-order valence-corrected chi connectivity index (χ2v) is 10.5. The molecular formula is C29H32N6O2. The molecule has 0 saturated carbocycles. The fourth-order valence-corrected chi connectivity index (χ4v) is 4.80. The number of nitrogens with zero attached hydrogens (tertiary/aromatic N) is 5. The standard InChI is InChI=1S/C29H32N6O2/c1-19-13-14-20(2)25-23(19)16-24(28(36)30-25)26(27-31-32-33-35(27)29(3,4)5)34(18-22-12-9-15-37-22)17-21-10-7-6-8-11-21/h6-16,26H,17-18H2,1-5H3,(H,30,36). The zero-order chi connectivity index (χ0) is 26.2. The molecule has 0 bridgehead atoms. The van der Waals surface area contributed by atoms with Crippen LogP contribution in [-0.4, -0.2) is 30.1 Å². The van der Waals surface area contributed by atoms with Crippen molar-refractivity contribution in [2.75, 3.05) is 0 Å². The van der Waals surface area contributed by atoms with E-state index in [1.807, 2.05) is 54.1 Å². The zero-order valence-electron chi connectivity index (χ0n) is 21.9. The summed E-state index contributed by atoms with van der Waals surface area (Å²) in [5.74, 6) is 1.39. The van der Waals surface area contributed by atoms with Crippen LogP contribution in [0.5, 0.6) is 0 Å². The average molecular weight is 497 g/mol. The van der Waals surface area contributed by atoms with Crippen molar-refractivity contribution >= 4 is 10.9 Å². The monoisotopic (exact) mass is 496 g/mol. The zero-order valence-corrected chi connectivity index (χ0v) is 21.9. The highest BCUT2D eigenvalue weighted by atomic mass is 16.3. The van der Waals surface area contributed by atoms with Gasteiger partial charge in [0.25, 0.3) is 5.56 Å². The molecule has 37 heavy (non-hydrogen) atoms. The number of benzene rings is 2. The van der Waals surface area contributed by atoms with E-state index in [1.54, 1.807) is 6.26 Å². The van der Waals surface area contributed by atoms with Gasteiger partial charge in [-0.25, -0.2) is 4.68 Å². The quantitative estimate of drug-likeness (QED) is 0.330. The average Bonchev–Trinajstić information content (AvgIpc) is 3.55. The van der Waals surface area contributed by atoms with Gasteiger partial charge >= 0.3 is 0 Å². The van der Waals surface area contributed by atoms with E-state index >= 15 is 0 Å². The first-order chi connectivity index (χ1) is 17.7. The number of H-pyrrole nitrogens is 1. The van der Waals surface area contributed by atoms with E-state index in [1.165, 1.54) is 0 Å². The van der Waals surface area contributed by atoms with E-state index < -0.39 is 11.6 Å². The summed E-state index contributed by atoms with van der Waals surface area (Å²) >= 11 is 0. The van der Waals surface area contributed by atoms with Crippen LogP contribution in [0.1, 0.15) is 60.7 Å². The van der Waals surface area contributed by atoms with Crippen LogP contribution in [0.4, 0.5) is 0 Å². The van der Waals surface area contributed by atoms with Crippen LogP contribution in [0.3, 0.4) is 0 Å². The lowest BCUT2D eigenvalue weighted by Gasteiger charge is -2.32. The molecule has 5 rings (SSSR count). The summed E-state index contributed by atoms with van der Waals surface area (Å²) in [4.78, 5) is 19.1. The van der Waals surface area contributed by atoms with Gasteiger partial charge in [-0.1, -0.05) is 42.5 Å². The first-order valence-corrected chi connectivity index (χ1v) is 12.4. The number of tetrazole rings is 1. The van der Waals surface area contributed by atoms with Crippen LogP contribution in [-0.2, 0) is 18.6 Å². The molecule has 3 aromatic heterocycles. The Hall–Kier alpha value is -4.04. The summed E-state index contributed by atoms with van der Waals surface area (Å²) < 4.78 is 7.56. The molecule has 0 saturated heterocycles. The molecule has 1 N–H and O–H groups in total. The fourth-order valence-electron chi connectivity index (χ4n) is 4.80. The fraction of sp³-hybridized carbons (Fsp3) is 0.310. The van der Waals surface area contributed by atoms with Crippen LogP contribution >= 0.6 is 0 Å². The van der Waals surface area contributed by atoms with E-state index in [9.17, 15) is 4.79 Å². The molecule has 0 radical (unpaired) electrons. The third-order valence-electron chi connectivity index (χ3n) is 6.67. The molecule has 0 aliphatic carbocycles. The Morgan fingerprint density at radius 2 is 1.76 bits per heavy atom. The Labute approximate surface area is 215 Å². The Bertz CT molecular complexity index is 1560. The van der Waals surface area contributed by atoms with Crippen molar-refractivity contribution in [3.05, 3.63) is 111 Å². The Balaban J connectivity index is 1.76. The predicted molar refractivity (Wildman–Crippen MR) is 143 cm³/mol. The summed E-state index contributed by atoms with van der Waals surface area (Å²) in [6.07, 6.45) is 1.67. The van der Waals surface area contributed by atoms with Crippen molar-refractivity contribution in [1.29, 1.82) is 0 Å². The van der Waals surface area contributed by atoms with Gasteiger partial charge in [0.1, 0.15) is 11.8 Å². The minimum absolute atomic E-state index is 0.160. The first-order valence-electron chi connectivity index (χ1n) is 12.4.